The number of nitro groups is 1. The van der Waals surface area contributed by atoms with E-state index in [1.807, 2.05) is 6.92 Å². The maximum atomic E-state index is 10.9. The van der Waals surface area contributed by atoms with Crippen LogP contribution in [0, 0.1) is 10.1 Å². The van der Waals surface area contributed by atoms with E-state index in [0.29, 0.717) is 0 Å². The van der Waals surface area contributed by atoms with Crippen LogP contribution in [0.1, 0.15) is 20.8 Å². The maximum absolute atomic E-state index is 10.9. The fourth-order valence-corrected chi connectivity index (χ4v) is 1.97. The molecule has 1 aromatic rings. The third kappa shape index (κ3) is 4.29. The van der Waals surface area contributed by atoms with Gasteiger partial charge in [0.25, 0.3) is 0 Å². The number of likely N-dealkylation sites (N-methyl/N-ethyl adjacent to an activating group) is 1. The van der Waals surface area contributed by atoms with Crippen molar-refractivity contribution >= 4 is 23.1 Å². The molecule has 0 bridgehead atoms. The number of nitrogens with one attached hydrogen (secondary N) is 1. The van der Waals surface area contributed by atoms with Crippen LogP contribution in [0.3, 0.4) is 0 Å². The minimum Gasteiger partial charge on any atom is -0.360 e. The lowest BCUT2D eigenvalue weighted by Gasteiger charge is -2.23. The van der Waals surface area contributed by atoms with E-state index in [1.54, 1.807) is 0 Å². The Morgan fingerprint density at radius 3 is 2.63 bits per heavy atom. The molecule has 0 amide bonds. The first-order valence-corrected chi connectivity index (χ1v) is 6.51. The average Bonchev–Trinajstić information content (AvgIpc) is 2.35. The van der Waals surface area contributed by atoms with Crippen molar-refractivity contribution in [2.75, 3.05) is 25.0 Å². The predicted octanol–water partition coefficient (Wildman–Crippen LogP) is 2.18. The summed E-state index contributed by atoms with van der Waals surface area (Å²) in [6.07, 6.45) is 1.21. The Bertz CT molecular complexity index is 439. The normalized spacial score (nSPS) is 12.5. The van der Waals surface area contributed by atoms with Crippen LogP contribution in [0.2, 0.25) is 5.15 Å². The summed E-state index contributed by atoms with van der Waals surface area (Å²) in [6, 6.07) is 0.0181. The van der Waals surface area contributed by atoms with Gasteiger partial charge in [-0.15, -0.1) is 0 Å². The first-order valence-electron chi connectivity index (χ1n) is 6.13. The molecule has 1 unspecified atom stereocenters. The second-order valence-corrected chi connectivity index (χ2v) is 4.51. The van der Waals surface area contributed by atoms with Crippen molar-refractivity contribution in [3.05, 3.63) is 21.6 Å². The molecule has 19 heavy (non-hydrogen) atoms. The highest BCUT2D eigenvalue weighted by Gasteiger charge is 2.22. The molecular formula is C11H18ClN5O2. The molecule has 0 aliphatic carbocycles. The van der Waals surface area contributed by atoms with E-state index in [1.165, 1.54) is 6.33 Å². The van der Waals surface area contributed by atoms with Crippen LogP contribution in [-0.4, -0.2) is 45.5 Å². The Labute approximate surface area is 117 Å². The van der Waals surface area contributed by atoms with E-state index >= 15 is 0 Å². The van der Waals surface area contributed by atoms with Crippen LogP contribution in [0.15, 0.2) is 6.33 Å². The standard InChI is InChI=1S/C11H18ClN5O2/c1-4-16(5-2)6-8(3)15-11-9(17(18)19)10(12)13-7-14-11/h7-8H,4-6H2,1-3H3,(H,13,14,15). The van der Waals surface area contributed by atoms with Crippen molar-refractivity contribution in [1.29, 1.82) is 0 Å². The largest absolute Gasteiger partial charge is 0.360 e. The highest BCUT2D eigenvalue weighted by molar-refractivity contribution is 6.31. The van der Waals surface area contributed by atoms with Gasteiger partial charge in [-0.2, -0.15) is 0 Å². The molecule has 8 heteroatoms. The SMILES string of the molecule is CCN(CC)CC(C)Nc1ncnc(Cl)c1[N+](=O)[O-]. The molecule has 7 nitrogen and oxygen atoms in total. The van der Waals surface area contributed by atoms with Gasteiger partial charge in [-0.1, -0.05) is 25.4 Å². The third-order valence-corrected chi connectivity index (χ3v) is 3.05. The van der Waals surface area contributed by atoms with E-state index in [-0.39, 0.29) is 22.7 Å². The van der Waals surface area contributed by atoms with Crippen molar-refractivity contribution in [3.8, 4) is 0 Å². The van der Waals surface area contributed by atoms with Crippen LogP contribution in [0.4, 0.5) is 11.5 Å². The summed E-state index contributed by atoms with van der Waals surface area (Å²) in [6.45, 7) is 8.70. The van der Waals surface area contributed by atoms with E-state index < -0.39 is 4.92 Å². The summed E-state index contributed by atoms with van der Waals surface area (Å²) in [5, 5.41) is 13.8. The summed E-state index contributed by atoms with van der Waals surface area (Å²) in [5.41, 5.74) is -0.282. The van der Waals surface area contributed by atoms with Crippen molar-refractivity contribution in [3.63, 3.8) is 0 Å². The zero-order chi connectivity index (χ0) is 14.4. The predicted molar refractivity (Wildman–Crippen MR) is 74.6 cm³/mol. The number of hydrogen-bond acceptors (Lipinski definition) is 6. The van der Waals surface area contributed by atoms with Crippen LogP contribution in [-0.2, 0) is 0 Å². The fourth-order valence-electron chi connectivity index (χ4n) is 1.77. The first-order chi connectivity index (χ1) is 8.99. The van der Waals surface area contributed by atoms with Crippen LogP contribution in [0.5, 0.6) is 0 Å². The molecule has 1 heterocycles. The number of halogens is 1. The molecule has 1 aromatic heterocycles. The van der Waals surface area contributed by atoms with Gasteiger partial charge in [-0.25, -0.2) is 9.97 Å². The summed E-state index contributed by atoms with van der Waals surface area (Å²) in [5.74, 6) is 0.157. The highest BCUT2D eigenvalue weighted by Crippen LogP contribution is 2.28. The minimum atomic E-state index is -0.575. The summed E-state index contributed by atoms with van der Waals surface area (Å²) >= 11 is 5.72. The van der Waals surface area contributed by atoms with Gasteiger partial charge >= 0.3 is 5.69 Å². The molecule has 0 aliphatic rings. The van der Waals surface area contributed by atoms with Gasteiger partial charge < -0.3 is 10.2 Å². The maximum Gasteiger partial charge on any atom is 0.348 e. The Hall–Kier alpha value is -1.47. The molecule has 1 rings (SSSR count). The van der Waals surface area contributed by atoms with E-state index in [4.69, 9.17) is 11.6 Å². The molecule has 106 valence electrons. The summed E-state index contributed by atoms with van der Waals surface area (Å²) in [7, 11) is 0. The number of aromatic nitrogens is 2. The molecule has 0 aromatic carbocycles. The molecule has 1 N–H and O–H groups in total. The monoisotopic (exact) mass is 287 g/mol. The van der Waals surface area contributed by atoms with Gasteiger partial charge in [0.15, 0.2) is 0 Å². The lowest BCUT2D eigenvalue weighted by molar-refractivity contribution is -0.384. The molecule has 0 fully saturated rings. The molecule has 0 spiro atoms. The van der Waals surface area contributed by atoms with Crippen LogP contribution >= 0.6 is 11.6 Å². The summed E-state index contributed by atoms with van der Waals surface area (Å²) in [4.78, 5) is 20.1. The molecule has 0 aliphatic heterocycles. The van der Waals surface area contributed by atoms with E-state index in [9.17, 15) is 10.1 Å². The summed E-state index contributed by atoms with van der Waals surface area (Å²) < 4.78 is 0. The zero-order valence-corrected chi connectivity index (χ0v) is 12.0. The zero-order valence-electron chi connectivity index (χ0n) is 11.3. The van der Waals surface area contributed by atoms with Crippen molar-refractivity contribution < 1.29 is 4.92 Å². The third-order valence-electron chi connectivity index (χ3n) is 2.77. The van der Waals surface area contributed by atoms with Gasteiger partial charge in [0, 0.05) is 12.6 Å². The second kappa shape index (κ2) is 7.20. The number of nitrogens with zero attached hydrogens (tertiary/aromatic N) is 4. The fraction of sp³-hybridized carbons (Fsp3) is 0.636. The second-order valence-electron chi connectivity index (χ2n) is 4.15. The first kappa shape index (κ1) is 15.6. The van der Waals surface area contributed by atoms with Gasteiger partial charge in [0.1, 0.15) is 6.33 Å². The Morgan fingerprint density at radius 2 is 2.11 bits per heavy atom. The molecule has 1 atom stereocenters. The lowest BCUT2D eigenvalue weighted by Crippen LogP contribution is -2.35. The smallest absolute Gasteiger partial charge is 0.348 e. The minimum absolute atomic E-state index is 0.0181. The Morgan fingerprint density at radius 1 is 1.47 bits per heavy atom. The quantitative estimate of drug-likeness (QED) is 0.470. The highest BCUT2D eigenvalue weighted by atomic mass is 35.5. The van der Waals surface area contributed by atoms with E-state index in [0.717, 1.165) is 19.6 Å². The van der Waals surface area contributed by atoms with Gasteiger partial charge in [-0.05, 0) is 20.0 Å². The van der Waals surface area contributed by atoms with Crippen LogP contribution < -0.4 is 5.32 Å². The molecular weight excluding hydrogens is 270 g/mol. The van der Waals surface area contributed by atoms with Crippen LogP contribution in [0.25, 0.3) is 0 Å². The average molecular weight is 288 g/mol. The molecule has 0 radical (unpaired) electrons. The number of anilines is 1. The lowest BCUT2D eigenvalue weighted by atomic mass is 10.3. The van der Waals surface area contributed by atoms with Crippen molar-refractivity contribution in [2.45, 2.75) is 26.8 Å². The topological polar surface area (TPSA) is 84.2 Å². The molecule has 0 saturated carbocycles. The number of hydrogen-bond donors (Lipinski definition) is 1. The van der Waals surface area contributed by atoms with Gasteiger partial charge in [-0.3, -0.25) is 10.1 Å². The molecule has 0 saturated heterocycles. The van der Waals surface area contributed by atoms with Crippen molar-refractivity contribution in [2.24, 2.45) is 0 Å². The van der Waals surface area contributed by atoms with Gasteiger partial charge in [0.05, 0.1) is 4.92 Å². The Balaban J connectivity index is 2.82. The Kier molecular flexibility index (Phi) is 5.91. The number of rotatable bonds is 7. The van der Waals surface area contributed by atoms with Gasteiger partial charge in [0.2, 0.25) is 11.0 Å². The van der Waals surface area contributed by atoms with E-state index in [2.05, 4.69) is 34.0 Å². The van der Waals surface area contributed by atoms with Crippen molar-refractivity contribution in [1.82, 2.24) is 14.9 Å².